The van der Waals surface area contributed by atoms with Crippen LogP contribution in [0.2, 0.25) is 0 Å². The molecule has 1 aromatic rings. The third-order valence-electron chi connectivity index (χ3n) is 5.84. The molecule has 2 rings (SSSR count). The summed E-state index contributed by atoms with van der Waals surface area (Å²) in [6.45, 7) is 16.3. The maximum absolute atomic E-state index is 6.41. The van der Waals surface area contributed by atoms with Crippen LogP contribution in [0.5, 0.6) is 0 Å². The molecule has 0 aliphatic heterocycles. The lowest BCUT2D eigenvalue weighted by Crippen LogP contribution is -2.44. The first-order chi connectivity index (χ1) is 14.7. The Hall–Kier alpha value is -1.42. The van der Waals surface area contributed by atoms with Crippen LogP contribution >= 0.6 is 11.3 Å². The van der Waals surface area contributed by atoms with Gasteiger partial charge in [-0.3, -0.25) is 4.90 Å². The zero-order chi connectivity index (χ0) is 22.9. The minimum absolute atomic E-state index is 0.0170. The lowest BCUT2D eigenvalue weighted by Gasteiger charge is -2.42. The van der Waals surface area contributed by atoms with Crippen molar-refractivity contribution in [2.75, 3.05) is 11.5 Å². The van der Waals surface area contributed by atoms with E-state index in [1.807, 2.05) is 0 Å². The Bertz CT molecular complexity index is 800. The van der Waals surface area contributed by atoms with Crippen molar-refractivity contribution in [3.8, 4) is 23.8 Å². The van der Waals surface area contributed by atoms with E-state index in [9.17, 15) is 0 Å². The number of unbranched alkanes of at least 4 members (excludes halogenated alkanes) is 1. The molecule has 0 aromatic carbocycles. The molecule has 0 saturated heterocycles. The smallest absolute Gasteiger partial charge is 0.0793 e. The molecule has 3 heteroatoms. The van der Waals surface area contributed by atoms with E-state index in [0.29, 0.717) is 6.04 Å². The van der Waals surface area contributed by atoms with Crippen molar-refractivity contribution in [3.63, 3.8) is 0 Å². The third kappa shape index (κ3) is 7.89. The van der Waals surface area contributed by atoms with Gasteiger partial charge < -0.3 is 4.74 Å². The normalized spacial score (nSPS) is 21.1. The van der Waals surface area contributed by atoms with Gasteiger partial charge in [0.15, 0.2) is 0 Å². The molecule has 0 amide bonds. The van der Waals surface area contributed by atoms with Gasteiger partial charge in [0.25, 0.3) is 0 Å². The molecule has 1 saturated carbocycles. The molecule has 31 heavy (non-hydrogen) atoms. The SMILES string of the molecule is CCCC#CN(c1cc(C#CC(C)(C)C)sc1C)C1CCC(CCC)(OCCC)CC1. The molecule has 0 spiro atoms. The maximum Gasteiger partial charge on any atom is 0.0793 e. The molecule has 1 fully saturated rings. The van der Waals surface area contributed by atoms with Gasteiger partial charge in [0.05, 0.1) is 16.2 Å². The minimum atomic E-state index is 0.0170. The zero-order valence-electron chi connectivity index (χ0n) is 21.0. The topological polar surface area (TPSA) is 12.5 Å². The Kier molecular flexibility index (Phi) is 9.99. The van der Waals surface area contributed by atoms with Gasteiger partial charge in [-0.25, -0.2) is 0 Å². The van der Waals surface area contributed by atoms with Crippen LogP contribution in [0.1, 0.15) is 109 Å². The van der Waals surface area contributed by atoms with E-state index in [-0.39, 0.29) is 11.0 Å². The first-order valence-corrected chi connectivity index (χ1v) is 13.1. The fraction of sp³-hybridized carbons (Fsp3) is 0.714. The van der Waals surface area contributed by atoms with Gasteiger partial charge in [-0.15, -0.1) is 11.3 Å². The Morgan fingerprint density at radius 3 is 2.42 bits per heavy atom. The number of hydrogen-bond donors (Lipinski definition) is 0. The molecule has 1 aliphatic carbocycles. The number of nitrogens with zero attached hydrogens (tertiary/aromatic N) is 1. The number of hydrogen-bond acceptors (Lipinski definition) is 3. The van der Waals surface area contributed by atoms with Crippen LogP contribution in [0.25, 0.3) is 0 Å². The van der Waals surface area contributed by atoms with Crippen molar-refractivity contribution >= 4 is 17.0 Å². The summed E-state index contributed by atoms with van der Waals surface area (Å²) >= 11 is 1.80. The van der Waals surface area contributed by atoms with Gasteiger partial charge >= 0.3 is 0 Å². The monoisotopic (exact) mass is 441 g/mol. The molecule has 2 nitrogen and oxygen atoms in total. The second kappa shape index (κ2) is 12.0. The Morgan fingerprint density at radius 1 is 1.13 bits per heavy atom. The van der Waals surface area contributed by atoms with Crippen LogP contribution in [0.4, 0.5) is 5.69 Å². The third-order valence-corrected chi connectivity index (χ3v) is 6.79. The van der Waals surface area contributed by atoms with Crippen molar-refractivity contribution in [1.82, 2.24) is 0 Å². The van der Waals surface area contributed by atoms with Crippen LogP contribution < -0.4 is 4.90 Å². The van der Waals surface area contributed by atoms with Crippen molar-refractivity contribution in [3.05, 3.63) is 15.8 Å². The lowest BCUT2D eigenvalue weighted by molar-refractivity contribution is -0.0781. The van der Waals surface area contributed by atoms with E-state index in [2.05, 4.69) is 83.2 Å². The molecule has 0 radical (unpaired) electrons. The molecule has 0 atom stereocenters. The summed E-state index contributed by atoms with van der Waals surface area (Å²) in [5.41, 5.74) is 1.36. The maximum atomic E-state index is 6.41. The number of thiophene rings is 1. The van der Waals surface area contributed by atoms with Gasteiger partial charge in [-0.05, 0) is 78.7 Å². The number of rotatable bonds is 8. The highest BCUT2D eigenvalue weighted by Crippen LogP contribution is 2.40. The number of ether oxygens (including phenoxy) is 1. The van der Waals surface area contributed by atoms with Gasteiger partial charge in [-0.1, -0.05) is 45.0 Å². The van der Waals surface area contributed by atoms with E-state index in [1.54, 1.807) is 11.3 Å². The predicted molar refractivity (Wildman–Crippen MR) is 137 cm³/mol. The van der Waals surface area contributed by atoms with Crippen LogP contribution in [-0.4, -0.2) is 18.2 Å². The zero-order valence-corrected chi connectivity index (χ0v) is 21.8. The lowest BCUT2D eigenvalue weighted by atomic mass is 9.78. The summed E-state index contributed by atoms with van der Waals surface area (Å²) in [4.78, 5) is 4.84. The fourth-order valence-corrected chi connectivity index (χ4v) is 5.13. The van der Waals surface area contributed by atoms with Gasteiger partial charge in [-0.2, -0.15) is 0 Å². The van der Waals surface area contributed by atoms with Crippen LogP contribution in [0.15, 0.2) is 6.07 Å². The molecule has 172 valence electrons. The standard InChI is InChI=1S/C28H43NOS/c1-8-11-12-20-29(26-22-25(31-23(26)4)15-17-27(5,6)7)24-13-18-28(16-9-2,19-14-24)30-21-10-3/h22,24H,8-11,13-14,16,18-19,21H2,1-7H3. The highest BCUT2D eigenvalue weighted by atomic mass is 32.1. The van der Waals surface area contributed by atoms with Gasteiger partial charge in [0.2, 0.25) is 0 Å². The summed E-state index contributed by atoms with van der Waals surface area (Å²) in [6.07, 6.45) is 10.1. The quantitative estimate of drug-likeness (QED) is 0.300. The fourth-order valence-electron chi connectivity index (χ4n) is 4.26. The van der Waals surface area contributed by atoms with Crippen molar-refractivity contribution in [1.29, 1.82) is 0 Å². The summed E-state index contributed by atoms with van der Waals surface area (Å²) in [7, 11) is 0. The Balaban J connectivity index is 2.25. The molecular weight excluding hydrogens is 398 g/mol. The average Bonchev–Trinajstić information content (AvgIpc) is 3.09. The Morgan fingerprint density at radius 2 is 1.84 bits per heavy atom. The minimum Gasteiger partial charge on any atom is -0.375 e. The van der Waals surface area contributed by atoms with Crippen LogP contribution in [0, 0.1) is 36.1 Å². The van der Waals surface area contributed by atoms with E-state index in [0.717, 1.165) is 56.4 Å². The molecule has 0 unspecified atom stereocenters. The van der Waals surface area contributed by atoms with E-state index < -0.39 is 0 Å². The van der Waals surface area contributed by atoms with Gasteiger partial charge in [0, 0.05) is 35.4 Å². The highest BCUT2D eigenvalue weighted by Gasteiger charge is 2.37. The van der Waals surface area contributed by atoms with Crippen molar-refractivity contribution in [2.45, 2.75) is 118 Å². The summed E-state index contributed by atoms with van der Waals surface area (Å²) < 4.78 is 6.41. The van der Waals surface area contributed by atoms with Gasteiger partial charge in [0.1, 0.15) is 0 Å². The summed E-state index contributed by atoms with van der Waals surface area (Å²) in [5, 5.41) is 0. The van der Waals surface area contributed by atoms with E-state index in [1.165, 1.54) is 23.4 Å². The van der Waals surface area contributed by atoms with Crippen molar-refractivity contribution in [2.24, 2.45) is 5.41 Å². The van der Waals surface area contributed by atoms with Crippen LogP contribution in [-0.2, 0) is 4.74 Å². The number of anilines is 1. The van der Waals surface area contributed by atoms with E-state index in [4.69, 9.17) is 4.74 Å². The first-order valence-electron chi connectivity index (χ1n) is 12.3. The molecule has 0 bridgehead atoms. The second-order valence-corrected chi connectivity index (χ2v) is 11.2. The molecule has 1 heterocycles. The highest BCUT2D eigenvalue weighted by molar-refractivity contribution is 7.13. The summed E-state index contributed by atoms with van der Waals surface area (Å²) in [6, 6.07) is 6.26. The summed E-state index contributed by atoms with van der Waals surface area (Å²) in [5.74, 6) is 10.2. The van der Waals surface area contributed by atoms with E-state index >= 15 is 0 Å². The number of aryl methyl sites for hydroxylation is 1. The molecule has 1 aliphatic rings. The molecule has 1 aromatic heterocycles. The van der Waals surface area contributed by atoms with Crippen LogP contribution in [0.3, 0.4) is 0 Å². The first kappa shape index (κ1) is 25.8. The second-order valence-electron chi connectivity index (χ2n) is 9.97. The average molecular weight is 442 g/mol. The molecule has 0 N–H and O–H groups in total. The largest absolute Gasteiger partial charge is 0.375 e. The Labute approximate surface area is 196 Å². The molecular formula is C28H43NOS. The predicted octanol–water partition coefficient (Wildman–Crippen LogP) is 7.93. The van der Waals surface area contributed by atoms with Crippen molar-refractivity contribution < 1.29 is 4.74 Å².